The van der Waals surface area contributed by atoms with Gasteiger partial charge in [-0.2, -0.15) is 0 Å². The third kappa shape index (κ3) is 2.48. The van der Waals surface area contributed by atoms with E-state index in [9.17, 15) is 14.4 Å². The lowest BCUT2D eigenvalue weighted by molar-refractivity contribution is -0.125. The molecule has 3 aliphatic carbocycles. The van der Waals surface area contributed by atoms with Crippen LogP contribution in [-0.2, 0) is 16.0 Å². The average Bonchev–Trinajstić information content (AvgIpc) is 3.01. The van der Waals surface area contributed by atoms with Crippen LogP contribution in [0.4, 0.5) is 0 Å². The van der Waals surface area contributed by atoms with E-state index in [4.69, 9.17) is 4.74 Å². The summed E-state index contributed by atoms with van der Waals surface area (Å²) < 4.78 is 5.49. The molecule has 1 heterocycles. The van der Waals surface area contributed by atoms with E-state index < -0.39 is 18.1 Å². The molecule has 1 saturated heterocycles. The van der Waals surface area contributed by atoms with Crippen LogP contribution in [0.15, 0.2) is 18.2 Å². The van der Waals surface area contributed by atoms with Gasteiger partial charge in [0, 0.05) is 30.2 Å². The summed E-state index contributed by atoms with van der Waals surface area (Å²) in [5.74, 6) is 0.166. The van der Waals surface area contributed by atoms with Crippen LogP contribution in [0.25, 0.3) is 0 Å². The van der Waals surface area contributed by atoms with E-state index in [2.05, 4.69) is 10.6 Å². The number of benzene rings is 1. The monoisotopic (exact) mass is 382 g/mol. The van der Waals surface area contributed by atoms with Crippen molar-refractivity contribution in [1.82, 2.24) is 10.6 Å². The molecule has 2 saturated carbocycles. The number of hydrogen-bond acceptors (Lipinski definition) is 6. The number of fused-ring (bicyclic) bond motifs is 5. The molecule has 6 nitrogen and oxygen atoms in total. The molecule has 5 rings (SSSR count). The summed E-state index contributed by atoms with van der Waals surface area (Å²) >= 11 is 0. The Hall–Kier alpha value is -1.89. The zero-order valence-electron chi connectivity index (χ0n) is 16.2. The van der Waals surface area contributed by atoms with Gasteiger partial charge in [-0.25, -0.2) is 0 Å². The number of piperazine rings is 1. The summed E-state index contributed by atoms with van der Waals surface area (Å²) in [7, 11) is 1.70. The minimum atomic E-state index is -0.670. The predicted molar refractivity (Wildman–Crippen MR) is 103 cm³/mol. The van der Waals surface area contributed by atoms with Gasteiger partial charge in [-0.3, -0.25) is 19.7 Å². The highest BCUT2D eigenvalue weighted by atomic mass is 16.5. The van der Waals surface area contributed by atoms with E-state index in [1.165, 1.54) is 0 Å². The maximum absolute atomic E-state index is 13.2. The standard InChI is InChI=1S/C22H26N2O4/c1-3-10-4-6-13-14(8-10)21(26)19-18(20(13)25)24-17-16(23-19)12-7-5-11(28-2)9-15(12)22(17)27/h4,6,8,11-12,15-19,23-24H,3,5,7,9H2,1-2H3. The number of methoxy groups -OCH3 is 1. The highest BCUT2D eigenvalue weighted by Crippen LogP contribution is 2.43. The molecule has 6 heteroatoms. The minimum absolute atomic E-state index is 0.0395. The van der Waals surface area contributed by atoms with Gasteiger partial charge in [0.2, 0.25) is 0 Å². The fourth-order valence-electron chi connectivity index (χ4n) is 5.80. The molecule has 148 valence electrons. The second-order valence-electron chi connectivity index (χ2n) is 8.60. The predicted octanol–water partition coefficient (Wildman–Crippen LogP) is 1.31. The summed E-state index contributed by atoms with van der Waals surface area (Å²) in [6.45, 7) is 2.03. The molecule has 3 fully saturated rings. The van der Waals surface area contributed by atoms with Crippen molar-refractivity contribution in [3.63, 3.8) is 0 Å². The summed E-state index contributed by atoms with van der Waals surface area (Å²) in [5.41, 5.74) is 2.04. The van der Waals surface area contributed by atoms with Crippen molar-refractivity contribution >= 4 is 17.3 Å². The van der Waals surface area contributed by atoms with Gasteiger partial charge in [0.1, 0.15) is 0 Å². The third-order valence-electron chi connectivity index (χ3n) is 7.33. The number of aryl methyl sites for hydroxylation is 1. The quantitative estimate of drug-likeness (QED) is 0.802. The van der Waals surface area contributed by atoms with Crippen LogP contribution in [-0.4, -0.2) is 54.7 Å². The molecule has 0 spiro atoms. The fraction of sp³-hybridized carbons (Fsp3) is 0.591. The van der Waals surface area contributed by atoms with Crippen LogP contribution in [0.2, 0.25) is 0 Å². The number of rotatable bonds is 2. The first-order valence-electron chi connectivity index (χ1n) is 10.3. The first-order chi connectivity index (χ1) is 13.5. The number of nitrogens with one attached hydrogen (secondary N) is 2. The second-order valence-corrected chi connectivity index (χ2v) is 8.60. The van der Waals surface area contributed by atoms with E-state index in [1.54, 1.807) is 13.2 Å². The SMILES string of the molecule is CCc1ccc2c(c1)C(=O)C1NC3C(NC1C2=O)C(=O)C1CC(OC)CCC13. The smallest absolute Gasteiger partial charge is 0.182 e. The molecule has 1 aliphatic heterocycles. The molecule has 1 aromatic carbocycles. The number of Topliss-reactive ketones (excluding diaryl/α,β-unsaturated/α-hetero) is 3. The van der Waals surface area contributed by atoms with Crippen molar-refractivity contribution in [3.8, 4) is 0 Å². The number of hydrogen-bond donors (Lipinski definition) is 2. The van der Waals surface area contributed by atoms with Crippen molar-refractivity contribution in [2.45, 2.75) is 62.9 Å². The third-order valence-corrected chi connectivity index (χ3v) is 7.33. The van der Waals surface area contributed by atoms with Gasteiger partial charge in [-0.15, -0.1) is 0 Å². The van der Waals surface area contributed by atoms with Crippen molar-refractivity contribution < 1.29 is 19.1 Å². The topological polar surface area (TPSA) is 84.5 Å². The fourth-order valence-corrected chi connectivity index (χ4v) is 5.80. The van der Waals surface area contributed by atoms with Crippen molar-refractivity contribution in [3.05, 3.63) is 34.9 Å². The Morgan fingerprint density at radius 1 is 1.00 bits per heavy atom. The Morgan fingerprint density at radius 3 is 2.50 bits per heavy atom. The number of ether oxygens (including phenoxy) is 1. The van der Waals surface area contributed by atoms with Crippen molar-refractivity contribution in [2.24, 2.45) is 11.8 Å². The van der Waals surface area contributed by atoms with Gasteiger partial charge >= 0.3 is 0 Å². The molecule has 0 radical (unpaired) electrons. The van der Waals surface area contributed by atoms with E-state index in [0.29, 0.717) is 11.1 Å². The Labute approximate surface area is 164 Å². The molecular weight excluding hydrogens is 356 g/mol. The van der Waals surface area contributed by atoms with E-state index >= 15 is 0 Å². The average molecular weight is 382 g/mol. The Bertz CT molecular complexity index is 866. The lowest BCUT2D eigenvalue weighted by Gasteiger charge is -2.43. The van der Waals surface area contributed by atoms with Crippen LogP contribution in [0.5, 0.6) is 0 Å². The van der Waals surface area contributed by atoms with Crippen LogP contribution in [0.1, 0.15) is 52.5 Å². The number of carbonyl (C=O) groups is 3. The largest absolute Gasteiger partial charge is 0.381 e. The van der Waals surface area contributed by atoms with Gasteiger partial charge in [0.25, 0.3) is 0 Å². The second kappa shape index (κ2) is 6.58. The van der Waals surface area contributed by atoms with Gasteiger partial charge < -0.3 is 10.1 Å². The summed E-state index contributed by atoms with van der Waals surface area (Å²) in [6.07, 6.45) is 3.50. The van der Waals surface area contributed by atoms with Crippen LogP contribution in [0.3, 0.4) is 0 Å². The molecule has 1 aromatic rings. The number of ketones is 3. The molecule has 7 unspecified atom stereocenters. The lowest BCUT2D eigenvalue weighted by atomic mass is 9.76. The number of carbonyl (C=O) groups excluding carboxylic acids is 3. The molecule has 0 aromatic heterocycles. The highest BCUT2D eigenvalue weighted by Gasteiger charge is 2.58. The maximum atomic E-state index is 13.2. The van der Waals surface area contributed by atoms with Crippen LogP contribution >= 0.6 is 0 Å². The van der Waals surface area contributed by atoms with Crippen molar-refractivity contribution in [2.75, 3.05) is 7.11 Å². The Morgan fingerprint density at radius 2 is 1.75 bits per heavy atom. The van der Waals surface area contributed by atoms with E-state index in [-0.39, 0.29) is 41.3 Å². The van der Waals surface area contributed by atoms with Crippen molar-refractivity contribution in [1.29, 1.82) is 0 Å². The van der Waals surface area contributed by atoms with Gasteiger partial charge in [0.05, 0.1) is 24.2 Å². The molecule has 7 atom stereocenters. The molecular formula is C22H26N2O4. The normalized spacial score (nSPS) is 39.2. The molecule has 2 N–H and O–H groups in total. The van der Waals surface area contributed by atoms with Crippen LogP contribution in [0, 0.1) is 11.8 Å². The molecule has 28 heavy (non-hydrogen) atoms. The van der Waals surface area contributed by atoms with Gasteiger partial charge in [-0.05, 0) is 43.2 Å². The van der Waals surface area contributed by atoms with Crippen LogP contribution < -0.4 is 10.6 Å². The molecule has 4 aliphatic rings. The maximum Gasteiger partial charge on any atom is 0.182 e. The Balaban J connectivity index is 1.48. The molecule has 0 amide bonds. The highest BCUT2D eigenvalue weighted by molar-refractivity contribution is 6.19. The van der Waals surface area contributed by atoms with E-state index in [0.717, 1.165) is 31.2 Å². The molecule has 0 bridgehead atoms. The van der Waals surface area contributed by atoms with Gasteiger partial charge in [0.15, 0.2) is 17.3 Å². The summed E-state index contributed by atoms with van der Waals surface area (Å²) in [5, 5.41) is 6.73. The minimum Gasteiger partial charge on any atom is -0.381 e. The zero-order valence-corrected chi connectivity index (χ0v) is 16.2. The Kier molecular flexibility index (Phi) is 4.27. The lowest BCUT2D eigenvalue weighted by Crippen LogP contribution is -2.72. The summed E-state index contributed by atoms with van der Waals surface area (Å²) in [6, 6.07) is 3.76. The van der Waals surface area contributed by atoms with E-state index in [1.807, 2.05) is 19.1 Å². The first-order valence-corrected chi connectivity index (χ1v) is 10.3. The van der Waals surface area contributed by atoms with Gasteiger partial charge in [-0.1, -0.05) is 19.1 Å². The first kappa shape index (κ1) is 18.2. The zero-order chi connectivity index (χ0) is 19.6. The summed E-state index contributed by atoms with van der Waals surface area (Å²) in [4.78, 5) is 39.4.